The molecule has 0 aromatic heterocycles. The van der Waals surface area contributed by atoms with Gasteiger partial charge in [-0.05, 0) is 77.2 Å². The third kappa shape index (κ3) is 21.5. The van der Waals surface area contributed by atoms with Crippen LogP contribution in [0.1, 0.15) is 99.8 Å². The quantitative estimate of drug-likeness (QED) is 0.0374. The number of unbranched alkanes of at least 4 members (excludes halogenated alkanes) is 1. The monoisotopic (exact) mass is 903 g/mol. The van der Waals surface area contributed by atoms with Gasteiger partial charge in [0.15, 0.2) is 6.04 Å². The Hall–Kier alpha value is -5.46. The van der Waals surface area contributed by atoms with E-state index in [9.17, 15) is 58.5 Å². The second-order valence-electron chi connectivity index (χ2n) is 16.1. The van der Waals surface area contributed by atoms with Crippen LogP contribution >= 0.6 is 0 Å². The number of aliphatic hydroxyl groups is 2. The lowest BCUT2D eigenvalue weighted by molar-refractivity contribution is -0.147. The van der Waals surface area contributed by atoms with Crippen LogP contribution in [0.5, 0.6) is 0 Å². The van der Waals surface area contributed by atoms with Crippen molar-refractivity contribution in [2.45, 2.75) is 154 Å². The molecule has 24 heteroatoms. The Bertz CT molecular complexity index is 1570. The molecule has 0 aliphatic carbocycles. The van der Waals surface area contributed by atoms with E-state index in [1.54, 1.807) is 27.7 Å². The van der Waals surface area contributed by atoms with E-state index < -0.39 is 126 Å². The first-order valence-electron chi connectivity index (χ1n) is 20.8. The van der Waals surface area contributed by atoms with E-state index in [0.717, 1.165) is 6.92 Å². The number of rotatable bonds is 26. The van der Waals surface area contributed by atoms with Gasteiger partial charge in [0.1, 0.15) is 36.3 Å². The van der Waals surface area contributed by atoms with Crippen molar-refractivity contribution in [1.29, 1.82) is 0 Å². The number of carboxylic acid groups (broad SMARTS) is 3. The van der Waals surface area contributed by atoms with Crippen molar-refractivity contribution < 1.29 is 73.5 Å². The number of amides is 7. The second kappa shape index (κ2) is 29.0. The number of likely N-dealkylation sites (tertiary alicyclic amines) is 1. The molecule has 1 fully saturated rings. The molecule has 1 aliphatic rings. The van der Waals surface area contributed by atoms with Gasteiger partial charge >= 0.3 is 11.9 Å². The number of carbonyl (C=O) groups excluding carboxylic acids is 7. The van der Waals surface area contributed by atoms with Gasteiger partial charge in [-0.1, -0.05) is 27.7 Å². The predicted molar refractivity (Wildman–Crippen MR) is 224 cm³/mol. The standard InChI is InChI=1S/C37H65N9O13.C2H4O2/c1-18(2)16-24(32(53)41-23(10-7-8-14-38)36(57)46-15-9-11-26(46)34(55)45-29(21(6)48)37(58)59)42-33(54)25(17-47)43-35(56)28(19(3)4)44-30(51)20(5)40-31(52)22(39)12-13-27(49)50;1-2(3)4/h18-26,28-29,47-48H,7-17,38-39H2,1-6H3,(H,40,52)(H,41,53)(H,42,54)(H,43,56)(H,44,51)(H,45,55)(H,49,50)(H,58,59);1H3,(H,3,4)/t20-,21+,22-,23-,24-,25-,26-,28-,29-;/m0./s1. The third-order valence-corrected chi connectivity index (χ3v) is 9.61. The van der Waals surface area contributed by atoms with Crippen LogP contribution in [0.25, 0.3) is 0 Å². The normalized spacial score (nSPS) is 17.2. The van der Waals surface area contributed by atoms with Crippen LogP contribution in [0.2, 0.25) is 0 Å². The van der Waals surface area contributed by atoms with Gasteiger partial charge in [-0.2, -0.15) is 0 Å². The first-order chi connectivity index (χ1) is 29.3. The summed E-state index contributed by atoms with van der Waals surface area (Å²) in [5, 5.41) is 60.4. The minimum absolute atomic E-state index is 0.0618. The highest BCUT2D eigenvalue weighted by Crippen LogP contribution is 2.21. The Morgan fingerprint density at radius 3 is 1.75 bits per heavy atom. The van der Waals surface area contributed by atoms with Crippen molar-refractivity contribution in [3.63, 3.8) is 0 Å². The van der Waals surface area contributed by atoms with Crippen molar-refractivity contribution in [3.8, 4) is 0 Å². The molecular weight excluding hydrogens is 834 g/mol. The van der Waals surface area contributed by atoms with Gasteiger partial charge in [0.2, 0.25) is 41.4 Å². The molecule has 0 bridgehead atoms. The molecule has 1 saturated heterocycles. The number of nitrogens with one attached hydrogen (secondary N) is 6. The number of aliphatic hydroxyl groups excluding tert-OH is 2. The molecule has 1 rings (SSSR count). The summed E-state index contributed by atoms with van der Waals surface area (Å²) in [7, 11) is 0. The van der Waals surface area contributed by atoms with Gasteiger partial charge in [0.25, 0.3) is 5.97 Å². The van der Waals surface area contributed by atoms with Gasteiger partial charge in [0.05, 0.1) is 18.8 Å². The van der Waals surface area contributed by atoms with E-state index in [0.29, 0.717) is 25.8 Å². The summed E-state index contributed by atoms with van der Waals surface area (Å²) in [6.45, 7) is 9.85. The molecular formula is C39H69N9O15. The van der Waals surface area contributed by atoms with Crippen LogP contribution < -0.4 is 43.4 Å². The Kier molecular flexibility index (Phi) is 26.5. The third-order valence-electron chi connectivity index (χ3n) is 9.61. The van der Waals surface area contributed by atoms with Gasteiger partial charge in [-0.3, -0.25) is 43.2 Å². The zero-order valence-corrected chi connectivity index (χ0v) is 37.0. The van der Waals surface area contributed by atoms with E-state index in [1.165, 1.54) is 18.7 Å². The number of hydrogen-bond donors (Lipinski definition) is 13. The smallest absolute Gasteiger partial charge is 0.328 e. The lowest BCUT2D eigenvalue weighted by atomic mass is 10.0. The number of nitrogens with zero attached hydrogens (tertiary/aromatic N) is 1. The molecule has 360 valence electrons. The van der Waals surface area contributed by atoms with Crippen LogP contribution in [0, 0.1) is 11.8 Å². The first kappa shape index (κ1) is 57.5. The van der Waals surface area contributed by atoms with E-state index in [2.05, 4.69) is 31.9 Å². The predicted octanol–water partition coefficient (Wildman–Crippen LogP) is -3.52. The molecule has 0 aromatic rings. The number of carbonyl (C=O) groups is 10. The van der Waals surface area contributed by atoms with E-state index in [1.807, 2.05) is 0 Å². The van der Waals surface area contributed by atoms with Gasteiger partial charge < -0.3 is 73.8 Å². The topological polar surface area (TPSA) is 399 Å². The molecule has 0 aromatic carbocycles. The summed E-state index contributed by atoms with van der Waals surface area (Å²) in [4.78, 5) is 126. The Morgan fingerprint density at radius 1 is 0.698 bits per heavy atom. The van der Waals surface area contributed by atoms with Crippen LogP contribution in [0.4, 0.5) is 0 Å². The number of aliphatic carboxylic acids is 3. The van der Waals surface area contributed by atoms with Crippen molar-refractivity contribution in [2.24, 2.45) is 23.3 Å². The molecule has 9 atom stereocenters. The maximum absolute atomic E-state index is 13.9. The number of nitrogens with two attached hydrogens (primary N) is 2. The molecule has 24 nitrogen and oxygen atoms in total. The molecule has 63 heavy (non-hydrogen) atoms. The molecule has 15 N–H and O–H groups in total. The molecule has 0 spiro atoms. The van der Waals surface area contributed by atoms with Crippen molar-refractivity contribution >= 4 is 59.3 Å². The van der Waals surface area contributed by atoms with Crippen LogP contribution in [-0.2, 0) is 47.9 Å². The molecule has 0 saturated carbocycles. The van der Waals surface area contributed by atoms with Crippen molar-refractivity contribution in [3.05, 3.63) is 0 Å². The summed E-state index contributed by atoms with van der Waals surface area (Å²) < 4.78 is 0. The summed E-state index contributed by atoms with van der Waals surface area (Å²) >= 11 is 0. The van der Waals surface area contributed by atoms with E-state index >= 15 is 0 Å². The number of hydrogen-bond acceptors (Lipinski definition) is 14. The van der Waals surface area contributed by atoms with Crippen LogP contribution in [0.15, 0.2) is 0 Å². The minimum atomic E-state index is -1.62. The van der Waals surface area contributed by atoms with E-state index in [4.69, 9.17) is 26.5 Å². The Morgan fingerprint density at radius 2 is 1.25 bits per heavy atom. The van der Waals surface area contributed by atoms with Crippen LogP contribution in [0.3, 0.4) is 0 Å². The van der Waals surface area contributed by atoms with E-state index in [-0.39, 0.29) is 44.6 Å². The van der Waals surface area contributed by atoms with Gasteiger partial charge in [0, 0.05) is 19.9 Å². The highest BCUT2D eigenvalue weighted by Gasteiger charge is 2.40. The summed E-state index contributed by atoms with van der Waals surface area (Å²) in [6, 6.07) is -10.4. The maximum atomic E-state index is 13.9. The highest BCUT2D eigenvalue weighted by molar-refractivity contribution is 5.97. The second-order valence-corrected chi connectivity index (χ2v) is 16.1. The average Bonchev–Trinajstić information content (AvgIpc) is 3.68. The molecule has 0 unspecified atom stereocenters. The lowest BCUT2D eigenvalue weighted by Gasteiger charge is -2.31. The van der Waals surface area contributed by atoms with Crippen molar-refractivity contribution in [2.75, 3.05) is 19.7 Å². The molecule has 1 heterocycles. The zero-order valence-electron chi connectivity index (χ0n) is 37.0. The first-order valence-corrected chi connectivity index (χ1v) is 20.8. The average molecular weight is 904 g/mol. The number of carboxylic acids is 3. The molecule has 0 radical (unpaired) electrons. The largest absolute Gasteiger partial charge is 0.481 e. The minimum Gasteiger partial charge on any atom is -0.481 e. The van der Waals surface area contributed by atoms with Crippen molar-refractivity contribution in [1.82, 2.24) is 36.8 Å². The lowest BCUT2D eigenvalue weighted by Crippen LogP contribution is -2.61. The summed E-state index contributed by atoms with van der Waals surface area (Å²) in [5.74, 6) is -9.78. The Balaban J connectivity index is 0.00000918. The van der Waals surface area contributed by atoms with Gasteiger partial charge in [-0.25, -0.2) is 4.79 Å². The molecule has 7 amide bonds. The zero-order chi connectivity index (χ0) is 48.7. The van der Waals surface area contributed by atoms with Crippen LogP contribution in [-0.4, -0.2) is 164 Å². The maximum Gasteiger partial charge on any atom is 0.328 e. The summed E-state index contributed by atoms with van der Waals surface area (Å²) in [6.07, 6.45) is -0.283. The SMILES string of the molecule is CC(=O)O.CC(C)C[C@H](NC(=O)[C@H](CO)NC(=O)[C@@H](NC(=O)[C@H](C)NC(=O)[C@@H](N)CCC(=O)O)C(C)C)C(=O)N[C@@H](CCCCN)C(=O)N1CCC[C@H]1C(=O)N[C@H](C(=O)O)[C@@H](C)O. The summed E-state index contributed by atoms with van der Waals surface area (Å²) in [5.41, 5.74) is 11.4. The fourth-order valence-electron chi connectivity index (χ4n) is 6.20. The highest BCUT2D eigenvalue weighted by atomic mass is 16.4. The fraction of sp³-hybridized carbons (Fsp3) is 0.744. The molecule has 1 aliphatic heterocycles. The fourth-order valence-corrected chi connectivity index (χ4v) is 6.20. The van der Waals surface area contributed by atoms with Gasteiger partial charge in [-0.15, -0.1) is 0 Å². The Labute approximate surface area is 366 Å².